The molecule has 0 spiro atoms. The van der Waals surface area contributed by atoms with Crippen LogP contribution in [-0.2, 0) is 13.0 Å². The number of hydrogen-bond acceptors (Lipinski definition) is 2. The highest BCUT2D eigenvalue weighted by Gasteiger charge is 2.03. The average Bonchev–Trinajstić information content (AvgIpc) is 2.27. The lowest BCUT2D eigenvalue weighted by Gasteiger charge is -2.18. The van der Waals surface area contributed by atoms with Crippen molar-refractivity contribution in [3.05, 3.63) is 35.4 Å². The summed E-state index contributed by atoms with van der Waals surface area (Å²) in [5, 5.41) is 0. The zero-order chi connectivity index (χ0) is 11.1. The van der Waals surface area contributed by atoms with Gasteiger partial charge in [0.15, 0.2) is 0 Å². The van der Waals surface area contributed by atoms with Crippen LogP contribution in [0, 0.1) is 0 Å². The Hall–Kier alpha value is -0.860. The van der Waals surface area contributed by atoms with Crippen molar-refractivity contribution >= 4 is 0 Å². The molecule has 1 aromatic rings. The van der Waals surface area contributed by atoms with Crippen LogP contribution in [0.3, 0.4) is 0 Å². The van der Waals surface area contributed by atoms with E-state index in [1.807, 2.05) is 0 Å². The summed E-state index contributed by atoms with van der Waals surface area (Å²) in [5.41, 5.74) is 8.40. The topological polar surface area (TPSA) is 29.3 Å². The van der Waals surface area contributed by atoms with Crippen molar-refractivity contribution in [1.29, 1.82) is 0 Å². The first-order chi connectivity index (χ1) is 7.27. The number of aryl methyl sites for hydroxylation is 1. The van der Waals surface area contributed by atoms with Crippen LogP contribution in [0.5, 0.6) is 0 Å². The highest BCUT2D eigenvalue weighted by Crippen LogP contribution is 2.11. The fourth-order valence-electron chi connectivity index (χ4n) is 1.79. The van der Waals surface area contributed by atoms with E-state index in [1.54, 1.807) is 0 Å². The van der Waals surface area contributed by atoms with Crippen LogP contribution in [0.4, 0.5) is 0 Å². The van der Waals surface area contributed by atoms with Crippen LogP contribution in [-0.4, -0.2) is 25.0 Å². The number of hydrogen-bond donors (Lipinski definition) is 1. The Morgan fingerprint density at radius 1 is 1.20 bits per heavy atom. The largest absolute Gasteiger partial charge is 0.330 e. The molecule has 2 heteroatoms. The van der Waals surface area contributed by atoms with Gasteiger partial charge < -0.3 is 10.6 Å². The van der Waals surface area contributed by atoms with Gasteiger partial charge in [0.1, 0.15) is 0 Å². The normalized spacial score (nSPS) is 10.9. The molecule has 0 aromatic heterocycles. The number of nitrogens with two attached hydrogens (primary N) is 1. The minimum Gasteiger partial charge on any atom is -0.330 e. The molecule has 0 aliphatic rings. The highest BCUT2D eigenvalue weighted by atomic mass is 15.1. The third-order valence-electron chi connectivity index (χ3n) is 2.68. The highest BCUT2D eigenvalue weighted by molar-refractivity contribution is 5.26. The summed E-state index contributed by atoms with van der Waals surface area (Å²) >= 11 is 0. The molecular weight excluding hydrogens is 184 g/mol. The van der Waals surface area contributed by atoms with Gasteiger partial charge in [-0.1, -0.05) is 31.2 Å². The molecule has 2 N–H and O–H groups in total. The molecule has 2 nitrogen and oxygen atoms in total. The fourth-order valence-corrected chi connectivity index (χ4v) is 1.79. The summed E-state index contributed by atoms with van der Waals surface area (Å²) in [4.78, 5) is 2.33. The van der Waals surface area contributed by atoms with Crippen LogP contribution in [0.25, 0.3) is 0 Å². The third-order valence-corrected chi connectivity index (χ3v) is 2.68. The molecule has 0 radical (unpaired) electrons. The molecule has 0 fully saturated rings. The van der Waals surface area contributed by atoms with Crippen LogP contribution in [0.2, 0.25) is 0 Å². The Morgan fingerprint density at radius 2 is 1.87 bits per heavy atom. The van der Waals surface area contributed by atoms with Crippen molar-refractivity contribution in [1.82, 2.24) is 4.90 Å². The Bertz CT molecular complexity index is 284. The maximum absolute atomic E-state index is 5.50. The molecule has 15 heavy (non-hydrogen) atoms. The van der Waals surface area contributed by atoms with E-state index < -0.39 is 0 Å². The first-order valence-electron chi connectivity index (χ1n) is 5.73. The second-order valence-corrected chi connectivity index (χ2v) is 4.00. The van der Waals surface area contributed by atoms with Crippen molar-refractivity contribution in [2.45, 2.75) is 26.3 Å². The van der Waals surface area contributed by atoms with Gasteiger partial charge in [0, 0.05) is 6.54 Å². The summed E-state index contributed by atoms with van der Waals surface area (Å²) in [6, 6.07) is 8.66. The van der Waals surface area contributed by atoms with Crippen LogP contribution >= 0.6 is 0 Å². The SMILES string of the molecule is CCc1ccccc1CN(C)CCCN. The summed E-state index contributed by atoms with van der Waals surface area (Å²) < 4.78 is 0. The van der Waals surface area contributed by atoms with E-state index in [1.165, 1.54) is 11.1 Å². The van der Waals surface area contributed by atoms with Crippen molar-refractivity contribution in [2.24, 2.45) is 5.73 Å². The van der Waals surface area contributed by atoms with Crippen molar-refractivity contribution < 1.29 is 0 Å². The quantitative estimate of drug-likeness (QED) is 0.771. The van der Waals surface area contributed by atoms with Crippen molar-refractivity contribution in [3.63, 3.8) is 0 Å². The molecule has 0 saturated heterocycles. The monoisotopic (exact) mass is 206 g/mol. The lowest BCUT2D eigenvalue weighted by atomic mass is 10.1. The van der Waals surface area contributed by atoms with Crippen molar-refractivity contribution in [3.8, 4) is 0 Å². The number of nitrogens with zero attached hydrogens (tertiary/aromatic N) is 1. The second kappa shape index (κ2) is 6.59. The molecule has 0 bridgehead atoms. The molecule has 0 aliphatic carbocycles. The second-order valence-electron chi connectivity index (χ2n) is 4.00. The molecular formula is C13H22N2. The van der Waals surface area contributed by atoms with Gasteiger partial charge in [-0.05, 0) is 44.1 Å². The van der Waals surface area contributed by atoms with Gasteiger partial charge in [-0.15, -0.1) is 0 Å². The van der Waals surface area contributed by atoms with Gasteiger partial charge >= 0.3 is 0 Å². The Morgan fingerprint density at radius 3 is 2.47 bits per heavy atom. The molecule has 0 heterocycles. The summed E-state index contributed by atoms with van der Waals surface area (Å²) in [5.74, 6) is 0. The fraction of sp³-hybridized carbons (Fsp3) is 0.538. The third kappa shape index (κ3) is 4.02. The standard InChI is InChI=1S/C13H22N2/c1-3-12-7-4-5-8-13(12)11-15(2)10-6-9-14/h4-5,7-8H,3,6,9-11,14H2,1-2H3. The van der Waals surface area contributed by atoms with E-state index in [-0.39, 0.29) is 0 Å². The molecule has 1 aromatic carbocycles. The van der Waals surface area contributed by atoms with E-state index >= 15 is 0 Å². The number of benzene rings is 1. The summed E-state index contributed by atoms with van der Waals surface area (Å²) in [7, 11) is 2.15. The van der Waals surface area contributed by atoms with Gasteiger partial charge in [-0.2, -0.15) is 0 Å². The van der Waals surface area contributed by atoms with Gasteiger partial charge in [0.2, 0.25) is 0 Å². The van der Waals surface area contributed by atoms with Crippen molar-refractivity contribution in [2.75, 3.05) is 20.1 Å². The maximum atomic E-state index is 5.50. The Kier molecular flexibility index (Phi) is 5.37. The Labute approximate surface area is 93.1 Å². The average molecular weight is 206 g/mol. The van der Waals surface area contributed by atoms with Gasteiger partial charge in [0.25, 0.3) is 0 Å². The van der Waals surface area contributed by atoms with E-state index in [0.717, 1.165) is 32.5 Å². The van der Waals surface area contributed by atoms with E-state index in [9.17, 15) is 0 Å². The van der Waals surface area contributed by atoms with E-state index in [4.69, 9.17) is 5.73 Å². The first-order valence-corrected chi connectivity index (χ1v) is 5.73. The lowest BCUT2D eigenvalue weighted by Crippen LogP contribution is -2.21. The predicted octanol–water partition coefficient (Wildman–Crippen LogP) is 2.03. The minimum absolute atomic E-state index is 0.778. The predicted molar refractivity (Wildman–Crippen MR) is 65.8 cm³/mol. The van der Waals surface area contributed by atoms with E-state index in [0.29, 0.717) is 0 Å². The van der Waals surface area contributed by atoms with Gasteiger partial charge in [-0.25, -0.2) is 0 Å². The minimum atomic E-state index is 0.778. The Balaban J connectivity index is 2.55. The van der Waals surface area contributed by atoms with E-state index in [2.05, 4.69) is 43.1 Å². The molecule has 1 rings (SSSR count). The summed E-state index contributed by atoms with van der Waals surface area (Å²) in [6.07, 6.45) is 2.19. The zero-order valence-corrected chi connectivity index (χ0v) is 9.87. The molecule has 0 amide bonds. The van der Waals surface area contributed by atoms with Crippen LogP contribution in [0.15, 0.2) is 24.3 Å². The molecule has 0 aliphatic heterocycles. The summed E-state index contributed by atoms with van der Waals surface area (Å²) in [6.45, 7) is 5.09. The van der Waals surface area contributed by atoms with Crippen LogP contribution < -0.4 is 5.73 Å². The van der Waals surface area contributed by atoms with Gasteiger partial charge in [-0.3, -0.25) is 0 Å². The first kappa shape index (κ1) is 12.2. The zero-order valence-electron chi connectivity index (χ0n) is 9.87. The number of rotatable bonds is 6. The van der Waals surface area contributed by atoms with Gasteiger partial charge in [0.05, 0.1) is 0 Å². The smallest absolute Gasteiger partial charge is 0.0233 e. The molecule has 0 saturated carbocycles. The molecule has 0 atom stereocenters. The lowest BCUT2D eigenvalue weighted by molar-refractivity contribution is 0.323. The molecule has 84 valence electrons. The molecule has 0 unspecified atom stereocenters. The van der Waals surface area contributed by atoms with Crippen LogP contribution in [0.1, 0.15) is 24.5 Å². The maximum Gasteiger partial charge on any atom is 0.0233 e.